The summed E-state index contributed by atoms with van der Waals surface area (Å²) in [5.74, 6) is 2.31. The van der Waals surface area contributed by atoms with Crippen molar-refractivity contribution < 1.29 is 14.1 Å². The topological polar surface area (TPSA) is 138 Å². The van der Waals surface area contributed by atoms with E-state index in [9.17, 15) is 10.1 Å². The molecule has 3 aromatic rings. The summed E-state index contributed by atoms with van der Waals surface area (Å²) in [6.07, 6.45) is 6.40. The van der Waals surface area contributed by atoms with Gasteiger partial charge < -0.3 is 29.7 Å². The molecule has 12 heteroatoms. The maximum absolute atomic E-state index is 12.2. The van der Waals surface area contributed by atoms with Crippen LogP contribution < -0.4 is 15.4 Å². The molecular formula is C31H38N8O3S. The van der Waals surface area contributed by atoms with Gasteiger partial charge in [0.2, 0.25) is 17.6 Å². The quantitative estimate of drug-likeness (QED) is 0.412. The average Bonchev–Trinajstić information content (AvgIpc) is 3.57. The highest BCUT2D eigenvalue weighted by molar-refractivity contribution is 7.16. The van der Waals surface area contributed by atoms with E-state index in [4.69, 9.17) is 25.0 Å². The van der Waals surface area contributed by atoms with Gasteiger partial charge in [0.05, 0.1) is 11.0 Å². The van der Waals surface area contributed by atoms with Crippen LogP contribution in [0, 0.1) is 11.3 Å². The number of rotatable bonds is 6. The molecule has 0 aromatic carbocycles. The first-order chi connectivity index (χ1) is 20.8. The van der Waals surface area contributed by atoms with Crippen molar-refractivity contribution in [3.63, 3.8) is 0 Å². The van der Waals surface area contributed by atoms with Crippen LogP contribution in [0.15, 0.2) is 29.3 Å². The number of likely N-dealkylation sites (tertiary alicyclic amines) is 1. The molecule has 0 saturated carbocycles. The van der Waals surface area contributed by atoms with Crippen LogP contribution in [0.4, 0.5) is 10.8 Å². The highest BCUT2D eigenvalue weighted by Gasteiger charge is 2.43. The fraction of sp³-hybridized carbons (Fsp3) is 0.516. The maximum Gasteiger partial charge on any atom is 0.245 e. The van der Waals surface area contributed by atoms with Crippen LogP contribution in [0.1, 0.15) is 60.9 Å². The van der Waals surface area contributed by atoms with E-state index in [0.29, 0.717) is 46.8 Å². The van der Waals surface area contributed by atoms with Crippen LogP contribution >= 0.6 is 11.3 Å². The number of carbonyl (C=O) groups excluding carboxylic acids is 1. The lowest BCUT2D eigenvalue weighted by Gasteiger charge is -2.33. The molecule has 6 rings (SSSR count). The van der Waals surface area contributed by atoms with Gasteiger partial charge in [-0.15, -0.1) is 11.3 Å². The highest BCUT2D eigenvalue weighted by atomic mass is 32.1. The van der Waals surface area contributed by atoms with Gasteiger partial charge in [0, 0.05) is 68.3 Å². The number of aromatic nitrogens is 3. The maximum atomic E-state index is 12.2. The Balaban J connectivity index is 1.32. The molecule has 43 heavy (non-hydrogen) atoms. The van der Waals surface area contributed by atoms with Crippen molar-refractivity contribution in [2.45, 2.75) is 57.0 Å². The number of fused-ring (bicyclic) bond motifs is 1. The number of ether oxygens (including phenoxy) is 1. The summed E-state index contributed by atoms with van der Waals surface area (Å²) in [6, 6.07) is 6.18. The van der Waals surface area contributed by atoms with E-state index in [1.54, 1.807) is 0 Å². The molecule has 2 fully saturated rings. The molecule has 0 spiro atoms. The number of nitrogens with two attached hydrogens (primary N) is 1. The molecule has 5 heterocycles. The lowest BCUT2D eigenvalue weighted by molar-refractivity contribution is -0.126. The largest absolute Gasteiger partial charge is 0.490 e. The Kier molecular flexibility index (Phi) is 8.11. The molecule has 3 aromatic heterocycles. The molecule has 2 saturated heterocycles. The third kappa shape index (κ3) is 5.71. The van der Waals surface area contributed by atoms with Gasteiger partial charge in [0.15, 0.2) is 0 Å². The molecular weight excluding hydrogens is 564 g/mol. The molecule has 0 radical (unpaired) electrons. The second-order valence-electron chi connectivity index (χ2n) is 11.9. The second-order valence-corrected chi connectivity index (χ2v) is 13.0. The van der Waals surface area contributed by atoms with Crippen LogP contribution in [0.2, 0.25) is 0 Å². The minimum atomic E-state index is -0.610. The number of amides is 1. The predicted molar refractivity (Wildman–Crippen MR) is 165 cm³/mol. The molecule has 1 amide bonds. The molecule has 2 atom stereocenters. The van der Waals surface area contributed by atoms with Crippen LogP contribution in [0.25, 0.3) is 11.5 Å². The summed E-state index contributed by atoms with van der Waals surface area (Å²) in [6.45, 7) is 10.6. The van der Waals surface area contributed by atoms with Crippen molar-refractivity contribution in [3.05, 3.63) is 46.7 Å². The number of likely N-dealkylation sites (N-methyl/N-ethyl adjacent to an activating group) is 1. The van der Waals surface area contributed by atoms with Crippen molar-refractivity contribution >= 4 is 28.1 Å². The number of hydrogen-bond acceptors (Lipinski definition) is 11. The van der Waals surface area contributed by atoms with Gasteiger partial charge in [-0.05, 0) is 52.2 Å². The van der Waals surface area contributed by atoms with Crippen molar-refractivity contribution in [1.82, 2.24) is 24.9 Å². The van der Waals surface area contributed by atoms with Crippen molar-refractivity contribution in [2.75, 3.05) is 56.9 Å². The van der Waals surface area contributed by atoms with Crippen LogP contribution in [-0.2, 0) is 16.6 Å². The minimum absolute atomic E-state index is 0.0351. The zero-order valence-electron chi connectivity index (χ0n) is 24.8. The Hall–Kier alpha value is -3.95. The fourth-order valence-electron chi connectivity index (χ4n) is 6.46. The van der Waals surface area contributed by atoms with Gasteiger partial charge in [-0.2, -0.15) is 10.2 Å². The van der Waals surface area contributed by atoms with E-state index in [1.807, 2.05) is 17.0 Å². The minimum Gasteiger partial charge on any atom is -0.490 e. The van der Waals surface area contributed by atoms with Gasteiger partial charge in [-0.25, -0.2) is 4.98 Å². The lowest BCUT2D eigenvalue weighted by Crippen LogP contribution is -2.44. The molecule has 2 aliphatic heterocycles. The van der Waals surface area contributed by atoms with E-state index in [0.717, 1.165) is 81.0 Å². The number of pyridine rings is 1. The third-order valence-corrected chi connectivity index (χ3v) is 10.0. The van der Waals surface area contributed by atoms with Crippen LogP contribution in [0.3, 0.4) is 0 Å². The molecule has 3 aliphatic rings. The first kappa shape index (κ1) is 29.1. The highest BCUT2D eigenvalue weighted by Crippen LogP contribution is 2.48. The number of piperazine rings is 1. The second kappa shape index (κ2) is 12.0. The standard InChI is InChI=1S/C31H38N8O3S/c1-4-26(40)39-11-6-7-20(9-12-39)41-21-17-23(34-25(18-21)38-15-13-37(3)14-16-38)29-35-30(42-36-29)31(2)10-5-8-24-27(31)22(19-32)28(33)43-24/h4,17-18,20H,1,5-16,33H2,2-3H3. The van der Waals surface area contributed by atoms with Crippen LogP contribution in [-0.4, -0.2) is 83.3 Å². The molecule has 1 aliphatic carbocycles. The van der Waals surface area contributed by atoms with Crippen molar-refractivity contribution in [1.29, 1.82) is 5.26 Å². The molecule has 2 unspecified atom stereocenters. The Bertz CT molecular complexity index is 1550. The summed E-state index contributed by atoms with van der Waals surface area (Å²) in [4.78, 5) is 29.6. The SMILES string of the molecule is C=CC(=O)N1CCCC(Oc2cc(-c3noc(C4(C)CCCc5sc(N)c(C#N)c54)n3)nc(N3CCN(C)CC3)c2)CC1. The molecule has 226 valence electrons. The molecule has 0 bridgehead atoms. The average molecular weight is 603 g/mol. The summed E-state index contributed by atoms with van der Waals surface area (Å²) in [5, 5.41) is 14.8. The van der Waals surface area contributed by atoms with Gasteiger partial charge in [-0.3, -0.25) is 4.79 Å². The van der Waals surface area contributed by atoms with Gasteiger partial charge in [0.25, 0.3) is 0 Å². The van der Waals surface area contributed by atoms with Gasteiger partial charge in [-0.1, -0.05) is 11.7 Å². The molecule has 11 nitrogen and oxygen atoms in total. The summed E-state index contributed by atoms with van der Waals surface area (Å²) < 4.78 is 12.5. The van der Waals surface area contributed by atoms with E-state index in [2.05, 4.69) is 41.6 Å². The lowest BCUT2D eigenvalue weighted by atomic mass is 9.72. The number of nitriles is 1. The smallest absolute Gasteiger partial charge is 0.245 e. The Morgan fingerprint density at radius 1 is 1.21 bits per heavy atom. The number of anilines is 2. The Labute approximate surface area is 255 Å². The Morgan fingerprint density at radius 2 is 2.02 bits per heavy atom. The number of hydrogen-bond donors (Lipinski definition) is 1. The van der Waals surface area contributed by atoms with Crippen LogP contribution in [0.5, 0.6) is 5.75 Å². The van der Waals surface area contributed by atoms with Crippen molar-refractivity contribution in [3.8, 4) is 23.3 Å². The number of nitrogen functional groups attached to an aromatic ring is 1. The number of aryl methyl sites for hydroxylation is 1. The number of nitrogens with zero attached hydrogens (tertiary/aromatic N) is 7. The zero-order valence-corrected chi connectivity index (χ0v) is 25.7. The van der Waals surface area contributed by atoms with Gasteiger partial charge in [0.1, 0.15) is 34.4 Å². The summed E-state index contributed by atoms with van der Waals surface area (Å²) >= 11 is 1.48. The Morgan fingerprint density at radius 3 is 2.79 bits per heavy atom. The van der Waals surface area contributed by atoms with Crippen molar-refractivity contribution in [2.24, 2.45) is 0 Å². The van der Waals surface area contributed by atoms with E-state index in [1.165, 1.54) is 17.4 Å². The van der Waals surface area contributed by atoms with E-state index < -0.39 is 5.41 Å². The number of carbonyl (C=O) groups is 1. The number of thiophene rings is 1. The summed E-state index contributed by atoms with van der Waals surface area (Å²) in [7, 11) is 2.12. The monoisotopic (exact) mass is 602 g/mol. The first-order valence-electron chi connectivity index (χ1n) is 15.0. The zero-order chi connectivity index (χ0) is 30.1. The fourth-order valence-corrected chi connectivity index (χ4v) is 7.65. The van der Waals surface area contributed by atoms with Gasteiger partial charge >= 0.3 is 0 Å². The molecule has 2 N–H and O–H groups in total. The first-order valence-corrected chi connectivity index (χ1v) is 15.8. The normalized spacial score (nSPS) is 22.9. The summed E-state index contributed by atoms with van der Waals surface area (Å²) in [5.41, 5.74) is 7.63. The van der Waals surface area contributed by atoms with E-state index >= 15 is 0 Å². The third-order valence-electron chi connectivity index (χ3n) is 8.96. The van der Waals surface area contributed by atoms with E-state index in [-0.39, 0.29) is 12.0 Å². The predicted octanol–water partition coefficient (Wildman–Crippen LogP) is 3.99.